The van der Waals surface area contributed by atoms with Gasteiger partial charge in [0.2, 0.25) is 0 Å². The lowest BCUT2D eigenvalue weighted by molar-refractivity contribution is -0.384. The number of halogens is 1. The molecule has 0 amide bonds. The van der Waals surface area contributed by atoms with Gasteiger partial charge in [0.05, 0.1) is 15.0 Å². The number of pyridine rings is 1. The van der Waals surface area contributed by atoms with Gasteiger partial charge in [0.25, 0.3) is 0 Å². The van der Waals surface area contributed by atoms with Gasteiger partial charge in [0.1, 0.15) is 11.9 Å². The number of hydrogen-bond acceptors (Lipinski definition) is 5. The maximum Gasteiger partial charge on any atom is 0.311 e. The Labute approximate surface area is 132 Å². The Bertz CT molecular complexity index is 538. The number of anilines is 1. The number of nitrogens with one attached hydrogen (secondary N) is 1. The SMILES string of the molecule is CC1(C)CCC(O)(CNc2c(Br)cncc2[N+](=O)[O-])CC1. The summed E-state index contributed by atoms with van der Waals surface area (Å²) in [4.78, 5) is 14.4. The van der Waals surface area contributed by atoms with Crippen LogP contribution in [-0.2, 0) is 0 Å². The molecule has 6 nitrogen and oxygen atoms in total. The van der Waals surface area contributed by atoms with Crippen LogP contribution in [0.25, 0.3) is 0 Å². The molecule has 1 aliphatic rings. The fourth-order valence-corrected chi connectivity index (χ4v) is 3.02. The van der Waals surface area contributed by atoms with Gasteiger partial charge in [0.15, 0.2) is 0 Å². The Morgan fingerprint density at radius 3 is 2.57 bits per heavy atom. The Morgan fingerprint density at radius 1 is 1.38 bits per heavy atom. The molecule has 1 aromatic rings. The van der Waals surface area contributed by atoms with Crippen LogP contribution in [0.4, 0.5) is 11.4 Å². The lowest BCUT2D eigenvalue weighted by Gasteiger charge is -2.40. The first kappa shape index (κ1) is 16.2. The van der Waals surface area contributed by atoms with Crippen molar-refractivity contribution in [1.29, 1.82) is 0 Å². The normalized spacial score (nSPS) is 20.0. The maximum atomic E-state index is 11.0. The number of nitrogens with zero attached hydrogens (tertiary/aromatic N) is 2. The highest BCUT2D eigenvalue weighted by molar-refractivity contribution is 9.10. The van der Waals surface area contributed by atoms with Gasteiger partial charge >= 0.3 is 5.69 Å². The highest BCUT2D eigenvalue weighted by Crippen LogP contribution is 2.41. The van der Waals surface area contributed by atoms with Crippen LogP contribution in [0.5, 0.6) is 0 Å². The van der Waals surface area contributed by atoms with E-state index in [1.54, 1.807) is 0 Å². The van der Waals surface area contributed by atoms with E-state index in [1.807, 2.05) is 0 Å². The molecule has 1 aliphatic carbocycles. The van der Waals surface area contributed by atoms with Crippen molar-refractivity contribution in [3.8, 4) is 0 Å². The van der Waals surface area contributed by atoms with Gasteiger partial charge in [-0.3, -0.25) is 15.1 Å². The molecule has 1 aromatic heterocycles. The van der Waals surface area contributed by atoms with E-state index in [0.29, 0.717) is 29.5 Å². The summed E-state index contributed by atoms with van der Waals surface area (Å²) in [5.41, 5.74) is -0.279. The zero-order chi connectivity index (χ0) is 15.7. The molecule has 1 heterocycles. The summed E-state index contributed by atoms with van der Waals surface area (Å²) in [6.45, 7) is 4.70. The van der Waals surface area contributed by atoms with Gasteiger partial charge in [-0.25, -0.2) is 0 Å². The second-order valence-electron chi connectivity index (χ2n) is 6.51. The summed E-state index contributed by atoms with van der Waals surface area (Å²) in [5.74, 6) is 0. The third-order valence-corrected chi connectivity index (χ3v) is 4.81. The predicted molar refractivity (Wildman–Crippen MR) is 84.3 cm³/mol. The molecule has 2 rings (SSSR count). The van der Waals surface area contributed by atoms with E-state index in [9.17, 15) is 15.2 Å². The average Bonchev–Trinajstić information content (AvgIpc) is 2.41. The molecule has 116 valence electrons. The number of nitro groups is 1. The van der Waals surface area contributed by atoms with Crippen molar-refractivity contribution in [2.24, 2.45) is 5.41 Å². The first-order valence-corrected chi connectivity index (χ1v) is 7.76. The monoisotopic (exact) mass is 357 g/mol. The molecule has 1 saturated carbocycles. The first-order valence-electron chi connectivity index (χ1n) is 6.97. The molecule has 0 aliphatic heterocycles. The summed E-state index contributed by atoms with van der Waals surface area (Å²) < 4.78 is 0.524. The lowest BCUT2D eigenvalue weighted by Crippen LogP contribution is -2.42. The van der Waals surface area contributed by atoms with E-state index in [2.05, 4.69) is 40.1 Å². The smallest absolute Gasteiger partial charge is 0.311 e. The van der Waals surface area contributed by atoms with E-state index in [-0.39, 0.29) is 11.1 Å². The Kier molecular flexibility index (Phi) is 4.53. The zero-order valence-electron chi connectivity index (χ0n) is 12.2. The van der Waals surface area contributed by atoms with Crippen molar-refractivity contribution in [1.82, 2.24) is 4.98 Å². The van der Waals surface area contributed by atoms with Crippen LogP contribution in [0.2, 0.25) is 0 Å². The molecule has 0 radical (unpaired) electrons. The largest absolute Gasteiger partial charge is 0.388 e. The zero-order valence-corrected chi connectivity index (χ0v) is 13.8. The molecule has 0 unspecified atom stereocenters. The first-order chi connectivity index (χ1) is 9.72. The van der Waals surface area contributed by atoms with Gasteiger partial charge in [-0.1, -0.05) is 13.8 Å². The molecule has 21 heavy (non-hydrogen) atoms. The molecule has 0 saturated heterocycles. The van der Waals surface area contributed by atoms with Gasteiger partial charge in [0, 0.05) is 12.7 Å². The second kappa shape index (κ2) is 5.88. The average molecular weight is 358 g/mol. The van der Waals surface area contributed by atoms with Crippen LogP contribution < -0.4 is 5.32 Å². The van der Waals surface area contributed by atoms with Crippen molar-refractivity contribution >= 4 is 27.3 Å². The van der Waals surface area contributed by atoms with E-state index >= 15 is 0 Å². The molecule has 0 aromatic carbocycles. The van der Waals surface area contributed by atoms with Crippen molar-refractivity contribution in [3.05, 3.63) is 27.0 Å². The minimum absolute atomic E-state index is 0.0934. The van der Waals surface area contributed by atoms with Crippen LogP contribution in [0.15, 0.2) is 16.9 Å². The highest BCUT2D eigenvalue weighted by Gasteiger charge is 2.37. The van der Waals surface area contributed by atoms with Gasteiger partial charge < -0.3 is 10.4 Å². The summed E-state index contributed by atoms with van der Waals surface area (Å²) in [5, 5.41) is 24.7. The molecular weight excluding hydrogens is 338 g/mol. The predicted octanol–water partition coefficient (Wildman–Crippen LogP) is 3.50. The number of aromatic nitrogens is 1. The highest BCUT2D eigenvalue weighted by atomic mass is 79.9. The minimum atomic E-state index is -0.813. The fraction of sp³-hybridized carbons (Fsp3) is 0.643. The molecule has 1 fully saturated rings. The quantitative estimate of drug-likeness (QED) is 0.635. The standard InChI is InChI=1S/C14H20BrN3O3/c1-13(2)3-5-14(19,6-4-13)9-17-12-10(15)7-16-8-11(12)18(20)21/h7-8,19H,3-6,9H2,1-2H3,(H,16,17). The molecular formula is C14H20BrN3O3. The van der Waals surface area contributed by atoms with Crippen LogP contribution in [0.1, 0.15) is 39.5 Å². The molecule has 7 heteroatoms. The van der Waals surface area contributed by atoms with E-state index < -0.39 is 10.5 Å². The van der Waals surface area contributed by atoms with Crippen molar-refractivity contribution in [3.63, 3.8) is 0 Å². The van der Waals surface area contributed by atoms with E-state index in [0.717, 1.165) is 12.8 Å². The number of hydrogen-bond donors (Lipinski definition) is 2. The number of rotatable bonds is 4. The van der Waals surface area contributed by atoms with E-state index in [4.69, 9.17) is 0 Å². The second-order valence-corrected chi connectivity index (χ2v) is 7.37. The van der Waals surface area contributed by atoms with Gasteiger partial charge in [-0.05, 0) is 47.0 Å². The lowest BCUT2D eigenvalue weighted by atomic mass is 9.71. The molecule has 0 spiro atoms. The van der Waals surface area contributed by atoms with Crippen LogP contribution >= 0.6 is 15.9 Å². The minimum Gasteiger partial charge on any atom is -0.388 e. The molecule has 2 N–H and O–H groups in total. The fourth-order valence-electron chi connectivity index (χ4n) is 2.56. The summed E-state index contributed by atoms with van der Waals surface area (Å²) in [6.07, 6.45) is 6.01. The Hall–Kier alpha value is -1.21. The van der Waals surface area contributed by atoms with Gasteiger partial charge in [-0.15, -0.1) is 0 Å². The van der Waals surface area contributed by atoms with Gasteiger partial charge in [-0.2, -0.15) is 0 Å². The number of aliphatic hydroxyl groups is 1. The topological polar surface area (TPSA) is 88.3 Å². The summed E-state index contributed by atoms with van der Waals surface area (Å²) >= 11 is 3.27. The third-order valence-electron chi connectivity index (χ3n) is 4.20. The summed E-state index contributed by atoms with van der Waals surface area (Å²) in [7, 11) is 0. The molecule has 0 atom stereocenters. The van der Waals surface area contributed by atoms with Crippen LogP contribution in [0.3, 0.4) is 0 Å². The van der Waals surface area contributed by atoms with Crippen molar-refractivity contribution in [2.45, 2.75) is 45.1 Å². The summed E-state index contributed by atoms with van der Waals surface area (Å²) in [6, 6.07) is 0. The van der Waals surface area contributed by atoms with E-state index in [1.165, 1.54) is 12.4 Å². The van der Waals surface area contributed by atoms with Crippen molar-refractivity contribution in [2.75, 3.05) is 11.9 Å². The van der Waals surface area contributed by atoms with Crippen LogP contribution in [-0.4, -0.2) is 27.2 Å². The molecule has 0 bridgehead atoms. The van der Waals surface area contributed by atoms with Crippen LogP contribution in [0, 0.1) is 15.5 Å². The Morgan fingerprint density at radius 2 is 2.00 bits per heavy atom. The van der Waals surface area contributed by atoms with Crippen molar-refractivity contribution < 1.29 is 10.0 Å². The third kappa shape index (κ3) is 3.91. The Balaban J connectivity index is 2.09. The maximum absolute atomic E-state index is 11.0.